The molecule has 3 aliphatic rings. The molecule has 0 N–H and O–H groups in total. The molecule has 2 aromatic heterocycles. The van der Waals surface area contributed by atoms with Gasteiger partial charge in [0.25, 0.3) is 0 Å². The van der Waals surface area contributed by atoms with E-state index in [0.29, 0.717) is 0 Å². The normalized spacial score (nSPS) is 17.5. The van der Waals surface area contributed by atoms with Crippen LogP contribution in [-0.4, -0.2) is 9.97 Å². The molecule has 1 spiro atoms. The first-order valence-electron chi connectivity index (χ1n) is 16.0. The van der Waals surface area contributed by atoms with Crippen molar-refractivity contribution >= 4 is 27.4 Å². The maximum absolute atomic E-state index is 6.66. The third-order valence-corrected chi connectivity index (χ3v) is 10.0. The lowest BCUT2D eigenvalue weighted by Crippen LogP contribution is -2.33. The number of fused-ring (bicyclic) bond motifs is 11. The Morgan fingerprint density at radius 1 is 0.543 bits per heavy atom. The molecule has 0 saturated heterocycles. The van der Waals surface area contributed by atoms with Gasteiger partial charge in [-0.25, -0.2) is 9.97 Å². The molecule has 1 aliphatic heterocycles. The molecule has 0 fully saturated rings. The van der Waals surface area contributed by atoms with Gasteiger partial charge in [-0.15, -0.1) is 0 Å². The van der Waals surface area contributed by atoms with Crippen LogP contribution in [0.2, 0.25) is 0 Å². The van der Waals surface area contributed by atoms with Crippen molar-refractivity contribution in [3.63, 3.8) is 0 Å². The molecule has 2 aliphatic carbocycles. The van der Waals surface area contributed by atoms with Gasteiger partial charge < -0.3 is 4.74 Å². The lowest BCUT2D eigenvalue weighted by Gasteiger charge is -2.41. The zero-order valence-corrected chi connectivity index (χ0v) is 25.1. The first-order chi connectivity index (χ1) is 22.8. The van der Waals surface area contributed by atoms with Gasteiger partial charge in [0.1, 0.15) is 11.5 Å². The molecule has 10 rings (SSSR count). The van der Waals surface area contributed by atoms with Crippen LogP contribution in [0, 0.1) is 0 Å². The Hall–Kier alpha value is -5.80. The second-order valence-corrected chi connectivity index (χ2v) is 12.4. The lowest BCUT2D eigenvalue weighted by molar-refractivity contribution is 0.432. The number of allylic oxidation sites excluding steroid dienone is 4. The number of hydrogen-bond donors (Lipinski definition) is 0. The van der Waals surface area contributed by atoms with Crippen molar-refractivity contribution in [3.8, 4) is 34.0 Å². The highest BCUT2D eigenvalue weighted by Gasteiger charge is 2.52. The zero-order valence-electron chi connectivity index (χ0n) is 25.1. The minimum atomic E-state index is -0.424. The van der Waals surface area contributed by atoms with Crippen molar-refractivity contribution in [2.24, 2.45) is 0 Å². The number of pyridine rings is 2. The van der Waals surface area contributed by atoms with Crippen LogP contribution in [0.5, 0.6) is 11.5 Å². The lowest BCUT2D eigenvalue weighted by atomic mass is 9.64. The molecule has 7 aromatic rings. The Labute approximate surface area is 267 Å². The van der Waals surface area contributed by atoms with Gasteiger partial charge in [-0.1, -0.05) is 109 Å². The van der Waals surface area contributed by atoms with Gasteiger partial charge in [-0.2, -0.15) is 0 Å². The highest BCUT2D eigenvalue weighted by atomic mass is 16.5. The maximum atomic E-state index is 6.66. The summed E-state index contributed by atoms with van der Waals surface area (Å²) < 4.78 is 6.66. The Bertz CT molecular complexity index is 2460. The molecule has 3 heteroatoms. The third-order valence-electron chi connectivity index (χ3n) is 10.0. The Morgan fingerprint density at radius 3 is 2.00 bits per heavy atom. The summed E-state index contributed by atoms with van der Waals surface area (Å²) in [5, 5.41) is 2.16. The maximum Gasteiger partial charge on any atom is 0.132 e. The molecular formula is C43H28N2O. The molecule has 216 valence electrons. The average molecular weight is 589 g/mol. The molecule has 46 heavy (non-hydrogen) atoms. The van der Waals surface area contributed by atoms with Crippen molar-refractivity contribution in [2.45, 2.75) is 18.3 Å². The molecule has 0 saturated carbocycles. The first kappa shape index (κ1) is 25.5. The molecule has 5 aromatic carbocycles. The van der Waals surface area contributed by atoms with Crippen LogP contribution in [-0.2, 0) is 5.41 Å². The summed E-state index contributed by atoms with van der Waals surface area (Å²) in [5.74, 6) is 1.83. The van der Waals surface area contributed by atoms with E-state index in [-0.39, 0.29) is 0 Å². The minimum absolute atomic E-state index is 0.424. The molecule has 0 amide bonds. The SMILES string of the molecule is C1=CC2=C(CC1)C1(c3ccccc3Oc3ccc(-c4ccc5ccc6ccc(-c7ccccc7)nc6c5n4)cc31)c1ccccc12. The van der Waals surface area contributed by atoms with Crippen LogP contribution in [0.15, 0.2) is 151 Å². The van der Waals surface area contributed by atoms with Gasteiger partial charge >= 0.3 is 0 Å². The fourth-order valence-corrected chi connectivity index (χ4v) is 8.03. The number of nitrogens with zero attached hydrogens (tertiary/aromatic N) is 2. The smallest absolute Gasteiger partial charge is 0.132 e. The highest BCUT2D eigenvalue weighted by molar-refractivity contribution is 6.04. The summed E-state index contributed by atoms with van der Waals surface area (Å²) in [6, 6.07) is 47.3. The van der Waals surface area contributed by atoms with Crippen molar-refractivity contribution < 1.29 is 4.74 Å². The molecule has 0 radical (unpaired) electrons. The van der Waals surface area contributed by atoms with E-state index in [9.17, 15) is 0 Å². The van der Waals surface area contributed by atoms with Crippen LogP contribution >= 0.6 is 0 Å². The second-order valence-electron chi connectivity index (χ2n) is 12.4. The summed E-state index contributed by atoms with van der Waals surface area (Å²) in [6.07, 6.45) is 6.69. The molecular weight excluding hydrogens is 560 g/mol. The highest BCUT2D eigenvalue weighted by Crippen LogP contribution is 2.63. The average Bonchev–Trinajstić information content (AvgIpc) is 3.42. The topological polar surface area (TPSA) is 35.0 Å². The summed E-state index contributed by atoms with van der Waals surface area (Å²) >= 11 is 0. The Morgan fingerprint density at radius 2 is 1.20 bits per heavy atom. The van der Waals surface area contributed by atoms with E-state index in [1.165, 1.54) is 33.4 Å². The fourth-order valence-electron chi connectivity index (χ4n) is 8.03. The van der Waals surface area contributed by atoms with E-state index in [4.69, 9.17) is 14.7 Å². The van der Waals surface area contributed by atoms with E-state index >= 15 is 0 Å². The number of hydrogen-bond acceptors (Lipinski definition) is 3. The van der Waals surface area contributed by atoms with Crippen LogP contribution in [0.25, 0.3) is 49.9 Å². The molecule has 1 unspecified atom stereocenters. The van der Waals surface area contributed by atoms with E-state index in [1.54, 1.807) is 0 Å². The number of aromatic nitrogens is 2. The third kappa shape index (κ3) is 3.48. The van der Waals surface area contributed by atoms with Gasteiger partial charge in [0.05, 0.1) is 27.8 Å². The van der Waals surface area contributed by atoms with Gasteiger partial charge in [-0.3, -0.25) is 0 Å². The van der Waals surface area contributed by atoms with Crippen LogP contribution in [0.3, 0.4) is 0 Å². The van der Waals surface area contributed by atoms with Gasteiger partial charge in [0.15, 0.2) is 0 Å². The van der Waals surface area contributed by atoms with Crippen LogP contribution < -0.4 is 4.74 Å². The number of ether oxygens (including phenoxy) is 1. The standard InChI is InChI=1S/C43H28N2O/c1-2-10-27(11-3-1)37-23-20-28-18-19-29-21-24-38(45-42(29)41(28)44-37)30-22-25-40-36(26-30)43(35-16-8-9-17-39(35)46-40)33-14-6-4-12-31(33)32-13-5-7-15-34(32)43/h1-6,8-14,16-26H,7,15H2. The summed E-state index contributed by atoms with van der Waals surface area (Å²) in [5.41, 5.74) is 13.3. The van der Waals surface area contributed by atoms with Crippen molar-refractivity contribution in [2.75, 3.05) is 0 Å². The van der Waals surface area contributed by atoms with Crippen molar-refractivity contribution in [1.82, 2.24) is 9.97 Å². The molecule has 0 bridgehead atoms. The predicted octanol–water partition coefficient (Wildman–Crippen LogP) is 10.7. The van der Waals surface area contributed by atoms with Gasteiger partial charge in [-0.05, 0) is 71.5 Å². The summed E-state index contributed by atoms with van der Waals surface area (Å²) in [4.78, 5) is 10.5. The number of rotatable bonds is 2. The molecule has 3 heterocycles. The second kappa shape index (κ2) is 9.60. The fraction of sp³-hybridized carbons (Fsp3) is 0.0698. The van der Waals surface area contributed by atoms with Crippen molar-refractivity contribution in [1.29, 1.82) is 0 Å². The monoisotopic (exact) mass is 588 g/mol. The Kier molecular flexibility index (Phi) is 5.32. The van der Waals surface area contributed by atoms with Crippen molar-refractivity contribution in [3.05, 3.63) is 173 Å². The zero-order chi connectivity index (χ0) is 30.2. The number of para-hydroxylation sites is 1. The van der Waals surface area contributed by atoms with E-state index in [2.05, 4.69) is 140 Å². The first-order valence-corrected chi connectivity index (χ1v) is 16.0. The largest absolute Gasteiger partial charge is 0.457 e. The van der Waals surface area contributed by atoms with Gasteiger partial charge in [0.2, 0.25) is 0 Å². The number of benzene rings is 5. The van der Waals surface area contributed by atoms with Crippen LogP contribution in [0.4, 0.5) is 0 Å². The minimum Gasteiger partial charge on any atom is -0.457 e. The quantitative estimate of drug-likeness (QED) is 0.189. The Balaban J connectivity index is 1.21. The summed E-state index contributed by atoms with van der Waals surface area (Å²) in [7, 11) is 0. The van der Waals surface area contributed by atoms with E-state index in [0.717, 1.165) is 68.7 Å². The predicted molar refractivity (Wildman–Crippen MR) is 186 cm³/mol. The van der Waals surface area contributed by atoms with E-state index < -0.39 is 5.41 Å². The molecule has 3 nitrogen and oxygen atoms in total. The van der Waals surface area contributed by atoms with Crippen LogP contribution in [0.1, 0.15) is 35.1 Å². The summed E-state index contributed by atoms with van der Waals surface area (Å²) in [6.45, 7) is 0. The van der Waals surface area contributed by atoms with Gasteiger partial charge in [0, 0.05) is 33.0 Å². The van der Waals surface area contributed by atoms with E-state index in [1.807, 2.05) is 6.07 Å². The molecule has 1 atom stereocenters.